The molecule has 0 radical (unpaired) electrons. The molecule has 0 amide bonds. The van der Waals surface area contributed by atoms with Crippen molar-refractivity contribution < 1.29 is 8.78 Å². The van der Waals surface area contributed by atoms with Crippen LogP contribution in [0.15, 0.2) is 18.2 Å². The van der Waals surface area contributed by atoms with E-state index in [1.807, 2.05) is 7.05 Å². The van der Waals surface area contributed by atoms with Crippen LogP contribution in [0, 0.1) is 17.6 Å². The molecule has 1 nitrogen and oxygen atoms in total. The van der Waals surface area contributed by atoms with E-state index >= 15 is 0 Å². The first-order valence-electron chi connectivity index (χ1n) is 4.82. The monoisotopic (exact) mass is 197 g/mol. The van der Waals surface area contributed by atoms with Crippen LogP contribution >= 0.6 is 0 Å². The molecule has 0 spiro atoms. The average molecular weight is 197 g/mol. The summed E-state index contributed by atoms with van der Waals surface area (Å²) in [6.45, 7) is 0.948. The highest BCUT2D eigenvalue weighted by Gasteiger charge is 2.37. The van der Waals surface area contributed by atoms with Gasteiger partial charge in [-0.2, -0.15) is 0 Å². The lowest BCUT2D eigenvalue weighted by molar-refractivity contribution is 0.506. The van der Waals surface area contributed by atoms with Gasteiger partial charge in [0.1, 0.15) is 0 Å². The van der Waals surface area contributed by atoms with E-state index in [1.165, 1.54) is 12.1 Å². The molecule has 14 heavy (non-hydrogen) atoms. The fourth-order valence-electron chi connectivity index (χ4n) is 1.89. The fraction of sp³-hybridized carbons (Fsp3) is 0.455. The van der Waals surface area contributed by atoms with Crippen molar-refractivity contribution in [2.45, 2.75) is 12.3 Å². The second-order valence-corrected chi connectivity index (χ2v) is 3.83. The van der Waals surface area contributed by atoms with Gasteiger partial charge in [0.05, 0.1) is 0 Å². The Labute approximate surface area is 82.1 Å². The van der Waals surface area contributed by atoms with E-state index in [9.17, 15) is 8.78 Å². The molecule has 1 fully saturated rings. The summed E-state index contributed by atoms with van der Waals surface area (Å²) in [6.07, 6.45) is 1.08. The third-order valence-corrected chi connectivity index (χ3v) is 2.76. The molecule has 2 rings (SSSR count). The van der Waals surface area contributed by atoms with Crippen molar-refractivity contribution in [3.8, 4) is 0 Å². The summed E-state index contributed by atoms with van der Waals surface area (Å²) in [5.74, 6) is -0.500. The maximum absolute atomic E-state index is 12.9. The zero-order chi connectivity index (χ0) is 10.1. The molecule has 0 unspecified atom stereocenters. The highest BCUT2D eigenvalue weighted by molar-refractivity contribution is 5.27. The normalized spacial score (nSPS) is 25.1. The Morgan fingerprint density at radius 1 is 1.36 bits per heavy atom. The molecule has 76 valence electrons. The predicted octanol–water partition coefficient (Wildman–Crippen LogP) is 2.29. The summed E-state index contributed by atoms with van der Waals surface area (Å²) in [7, 11) is 1.90. The Kier molecular flexibility index (Phi) is 2.50. The van der Waals surface area contributed by atoms with Gasteiger partial charge in [-0.15, -0.1) is 0 Å². The molecule has 0 aliphatic heterocycles. The van der Waals surface area contributed by atoms with Crippen LogP contribution in [0.3, 0.4) is 0 Å². The van der Waals surface area contributed by atoms with E-state index in [4.69, 9.17) is 0 Å². The number of nitrogens with one attached hydrogen (secondary N) is 1. The van der Waals surface area contributed by atoms with Crippen LogP contribution in [0.4, 0.5) is 8.78 Å². The second kappa shape index (κ2) is 3.65. The average Bonchev–Trinajstić information content (AvgIpc) is 2.90. The first kappa shape index (κ1) is 9.59. The zero-order valence-electron chi connectivity index (χ0n) is 8.06. The van der Waals surface area contributed by atoms with Gasteiger partial charge in [0.25, 0.3) is 0 Å². The largest absolute Gasteiger partial charge is 0.319 e. The fourth-order valence-corrected chi connectivity index (χ4v) is 1.89. The van der Waals surface area contributed by atoms with Gasteiger partial charge in [-0.1, -0.05) is 6.07 Å². The van der Waals surface area contributed by atoms with Crippen LogP contribution in [0.2, 0.25) is 0 Å². The zero-order valence-corrected chi connectivity index (χ0v) is 8.06. The third-order valence-electron chi connectivity index (χ3n) is 2.76. The van der Waals surface area contributed by atoms with Crippen LogP contribution in [-0.2, 0) is 0 Å². The Bertz CT molecular complexity index is 338. The molecule has 1 aromatic rings. The second-order valence-electron chi connectivity index (χ2n) is 3.83. The van der Waals surface area contributed by atoms with Gasteiger partial charge >= 0.3 is 0 Å². The summed E-state index contributed by atoms with van der Waals surface area (Å²) in [4.78, 5) is 0. The van der Waals surface area contributed by atoms with Crippen molar-refractivity contribution in [1.82, 2.24) is 5.32 Å². The molecule has 0 heterocycles. The van der Waals surface area contributed by atoms with Crippen LogP contribution in [0.1, 0.15) is 17.9 Å². The van der Waals surface area contributed by atoms with E-state index in [0.717, 1.165) is 18.5 Å². The lowest BCUT2D eigenvalue weighted by Gasteiger charge is -2.01. The molecule has 1 saturated carbocycles. The van der Waals surface area contributed by atoms with E-state index in [1.54, 1.807) is 6.07 Å². The van der Waals surface area contributed by atoms with Crippen LogP contribution < -0.4 is 5.32 Å². The SMILES string of the molecule is CNC[C@H]1C[C@@H]1c1ccc(F)c(F)c1. The van der Waals surface area contributed by atoms with Crippen LogP contribution in [-0.4, -0.2) is 13.6 Å². The molecule has 1 aromatic carbocycles. The lowest BCUT2D eigenvalue weighted by Crippen LogP contribution is -2.10. The third kappa shape index (κ3) is 1.77. The summed E-state index contributed by atoms with van der Waals surface area (Å²) in [5.41, 5.74) is 0.921. The molecular formula is C11H13F2N. The van der Waals surface area contributed by atoms with E-state index in [0.29, 0.717) is 11.8 Å². The minimum absolute atomic E-state index is 0.414. The predicted molar refractivity (Wildman–Crippen MR) is 51.1 cm³/mol. The highest BCUT2D eigenvalue weighted by Crippen LogP contribution is 2.47. The first-order chi connectivity index (χ1) is 6.72. The van der Waals surface area contributed by atoms with Gasteiger partial charge in [0.2, 0.25) is 0 Å². The van der Waals surface area contributed by atoms with Crippen molar-refractivity contribution in [1.29, 1.82) is 0 Å². The van der Waals surface area contributed by atoms with Crippen molar-refractivity contribution >= 4 is 0 Å². The Balaban J connectivity index is 2.08. The number of rotatable bonds is 3. The smallest absolute Gasteiger partial charge is 0.159 e. The molecule has 0 saturated heterocycles. The minimum atomic E-state index is -0.764. The van der Waals surface area contributed by atoms with Gasteiger partial charge in [0.15, 0.2) is 11.6 Å². The van der Waals surface area contributed by atoms with Gasteiger partial charge in [-0.25, -0.2) is 8.78 Å². The van der Waals surface area contributed by atoms with Gasteiger partial charge < -0.3 is 5.32 Å². The minimum Gasteiger partial charge on any atom is -0.319 e. The molecule has 0 aromatic heterocycles. The lowest BCUT2D eigenvalue weighted by atomic mass is 10.1. The van der Waals surface area contributed by atoms with Gasteiger partial charge in [-0.05, 0) is 49.5 Å². The van der Waals surface area contributed by atoms with E-state index in [-0.39, 0.29) is 0 Å². The number of hydrogen-bond acceptors (Lipinski definition) is 1. The molecule has 2 atom stereocenters. The van der Waals surface area contributed by atoms with Gasteiger partial charge in [-0.3, -0.25) is 0 Å². The molecule has 1 aliphatic carbocycles. The summed E-state index contributed by atoms with van der Waals surface area (Å²) in [6, 6.07) is 4.20. The van der Waals surface area contributed by atoms with Crippen LogP contribution in [0.25, 0.3) is 0 Å². The Hall–Kier alpha value is -0.960. The van der Waals surface area contributed by atoms with Crippen LogP contribution in [0.5, 0.6) is 0 Å². The highest BCUT2D eigenvalue weighted by atomic mass is 19.2. The molecule has 1 N–H and O–H groups in total. The number of halogens is 2. The van der Waals surface area contributed by atoms with Crippen molar-refractivity contribution in [3.63, 3.8) is 0 Å². The van der Waals surface area contributed by atoms with Crippen molar-refractivity contribution in [2.75, 3.05) is 13.6 Å². The topological polar surface area (TPSA) is 12.0 Å². The summed E-state index contributed by atoms with van der Waals surface area (Å²) < 4.78 is 25.5. The molecule has 0 bridgehead atoms. The molecular weight excluding hydrogens is 184 g/mol. The van der Waals surface area contributed by atoms with E-state index < -0.39 is 11.6 Å². The van der Waals surface area contributed by atoms with Gasteiger partial charge in [0, 0.05) is 0 Å². The standard InChI is InChI=1S/C11H13F2N/c1-14-6-8-4-9(8)7-2-3-10(12)11(13)5-7/h2-3,5,8-9,14H,4,6H2,1H3/t8-,9-/m1/s1. The maximum Gasteiger partial charge on any atom is 0.159 e. The van der Waals surface area contributed by atoms with E-state index in [2.05, 4.69) is 5.32 Å². The Morgan fingerprint density at radius 2 is 2.14 bits per heavy atom. The van der Waals surface area contributed by atoms with Crippen molar-refractivity contribution in [2.24, 2.45) is 5.92 Å². The maximum atomic E-state index is 12.9. The molecule has 1 aliphatic rings. The first-order valence-corrected chi connectivity index (χ1v) is 4.82. The summed E-state index contributed by atoms with van der Waals surface area (Å²) in [5, 5.41) is 3.09. The quantitative estimate of drug-likeness (QED) is 0.784. The number of hydrogen-bond donors (Lipinski definition) is 1. The Morgan fingerprint density at radius 3 is 2.79 bits per heavy atom. The number of benzene rings is 1. The summed E-state index contributed by atoms with van der Waals surface area (Å²) >= 11 is 0. The van der Waals surface area contributed by atoms with Crippen molar-refractivity contribution in [3.05, 3.63) is 35.4 Å². The molecule has 3 heteroatoms.